The Balaban J connectivity index is 0.000000992. The number of carboxylic acids is 1. The summed E-state index contributed by atoms with van der Waals surface area (Å²) < 4.78 is 13.9. The number of para-hydroxylation sites is 1. The van der Waals surface area contributed by atoms with Gasteiger partial charge in [0.05, 0.1) is 6.54 Å². The molecule has 2 saturated heterocycles. The molecular weight excluding hydrogens is 990 g/mol. The van der Waals surface area contributed by atoms with Gasteiger partial charge >= 0.3 is 5.97 Å². The summed E-state index contributed by atoms with van der Waals surface area (Å²) in [5.41, 5.74) is 24.7. The number of hydrogen-bond acceptors (Lipinski definition) is 11. The van der Waals surface area contributed by atoms with E-state index in [1.54, 1.807) is 0 Å². The van der Waals surface area contributed by atoms with E-state index in [-0.39, 0.29) is 102 Å². The van der Waals surface area contributed by atoms with E-state index < -0.39 is 102 Å². The molecule has 2 aliphatic heterocycles. The van der Waals surface area contributed by atoms with Gasteiger partial charge in [-0.2, -0.15) is 0 Å². The topological polar surface area (TPSA) is 406 Å². The molecule has 25 nitrogen and oxygen atoms in total. The van der Waals surface area contributed by atoms with Crippen molar-refractivity contribution in [1.29, 1.82) is 0 Å². The summed E-state index contributed by atoms with van der Waals surface area (Å²) in [6.45, 7) is 2.90. The summed E-state index contributed by atoms with van der Waals surface area (Å²) in [5.74, 6) is -8.30. The van der Waals surface area contributed by atoms with E-state index in [0.717, 1.165) is 18.6 Å². The molecule has 414 valence electrons. The van der Waals surface area contributed by atoms with Crippen LogP contribution in [0.3, 0.4) is 0 Å². The average Bonchev–Trinajstić information content (AvgIpc) is 4.05. The summed E-state index contributed by atoms with van der Waals surface area (Å²) >= 11 is 0. The Morgan fingerprint density at radius 2 is 1.50 bits per heavy atom. The molecule has 0 spiro atoms. The number of carboxylic acid groups (broad SMARTS) is 1. The van der Waals surface area contributed by atoms with Gasteiger partial charge in [0, 0.05) is 63.0 Å². The first kappa shape index (κ1) is 60.2. The third-order valence-corrected chi connectivity index (χ3v) is 12.4. The lowest BCUT2D eigenvalue weighted by molar-refractivity contribution is -0.143. The summed E-state index contributed by atoms with van der Waals surface area (Å²) in [4.78, 5) is 132. The van der Waals surface area contributed by atoms with E-state index in [4.69, 9.17) is 22.9 Å². The van der Waals surface area contributed by atoms with Crippen molar-refractivity contribution in [2.45, 2.75) is 127 Å². The number of fused-ring (bicyclic) bond motifs is 2. The first-order valence-electron chi connectivity index (χ1n) is 25.2. The highest BCUT2D eigenvalue weighted by atomic mass is 19.1. The quantitative estimate of drug-likeness (QED) is 0.0470. The minimum Gasteiger partial charge on any atom is -0.480 e. The predicted molar refractivity (Wildman–Crippen MR) is 280 cm³/mol. The Morgan fingerprint density at radius 1 is 0.816 bits per heavy atom. The first-order chi connectivity index (χ1) is 36.3. The van der Waals surface area contributed by atoms with Crippen molar-refractivity contribution in [3.8, 4) is 0 Å². The van der Waals surface area contributed by atoms with Crippen LogP contribution in [0.15, 0.2) is 64.7 Å². The van der Waals surface area contributed by atoms with Crippen molar-refractivity contribution in [2.75, 3.05) is 32.7 Å². The number of nitrogens with zero attached hydrogens (tertiary/aromatic N) is 3. The van der Waals surface area contributed by atoms with Gasteiger partial charge < -0.3 is 75.1 Å². The summed E-state index contributed by atoms with van der Waals surface area (Å²) in [7, 11) is 0. The van der Waals surface area contributed by atoms with Crippen molar-refractivity contribution in [1.82, 2.24) is 47.1 Å². The number of aryl methyl sites for hydroxylation is 1. The molecule has 1 aromatic heterocycles. The van der Waals surface area contributed by atoms with Crippen LogP contribution in [0.1, 0.15) is 89.2 Å². The Labute approximate surface area is 439 Å². The number of aromatic amines is 1. The molecule has 0 unspecified atom stereocenters. The Bertz CT molecular complexity index is 2550. The number of hydrogen-bond donors (Lipinski definition) is 13. The van der Waals surface area contributed by atoms with E-state index in [0.29, 0.717) is 12.0 Å². The minimum atomic E-state index is -1.42. The molecule has 6 atom stereocenters. The van der Waals surface area contributed by atoms with Gasteiger partial charge in [-0.25, -0.2) is 9.18 Å². The Hall–Kier alpha value is -8.32. The number of guanidine groups is 2. The van der Waals surface area contributed by atoms with Crippen LogP contribution in [0.5, 0.6) is 0 Å². The minimum absolute atomic E-state index is 0.0325. The molecule has 3 aromatic rings. The zero-order chi connectivity index (χ0) is 55.7. The molecule has 17 N–H and O–H groups in total. The fraction of sp³-hybridized carbons (Fsp3) is 0.500. The Kier molecular flexibility index (Phi) is 24.4. The van der Waals surface area contributed by atoms with Crippen LogP contribution in [-0.2, 0) is 56.0 Å². The second-order valence-corrected chi connectivity index (χ2v) is 18.3. The number of nitrogens with one attached hydrogen (secondary N) is 8. The number of aliphatic carboxylic acids is 1. The number of benzene rings is 2. The standard InChI is InChI=1S/C40H61FN14O10.C10H11N/c1-22(56)50-26(7-3-18-48-40(44)45)34(60)53-27-14-15-31(57)46-16-4-8-28(38(64)65)51-32(58)21-49-33(59)25(6-2-17-47-39(42)43)52-35(61)29(20-23-10-12-24(41)13-11-23)54-36(62)30-9-5-19-55(30)37(27)63;1-2-8-7-11-10-6-4-3-5-9(8)10/h10-13,25-30H,2-9,14-21H2,1H3,(H,46,57)(H,49,59)(H,50,56)(H,51,58)(H,52,61)(H,53,60)(H,54,62)(H,64,65)(H4,42,43,47)(H4,44,45,48);3-7,11H,2H2,1H3/t25-,26-,27-,28-,29+,30-;/m0./s1. The predicted octanol–water partition coefficient (Wildman–Crippen LogP) is -1.47. The van der Waals surface area contributed by atoms with Crippen molar-refractivity contribution in [2.24, 2.45) is 32.9 Å². The maximum atomic E-state index is 14.4. The molecule has 0 saturated carbocycles. The van der Waals surface area contributed by atoms with Crippen LogP contribution in [0.25, 0.3) is 10.9 Å². The summed E-state index contributed by atoms with van der Waals surface area (Å²) in [6, 6.07) is 5.60. The third kappa shape index (κ3) is 20.2. The van der Waals surface area contributed by atoms with E-state index in [9.17, 15) is 52.6 Å². The van der Waals surface area contributed by atoms with Crippen molar-refractivity contribution in [3.05, 3.63) is 71.7 Å². The van der Waals surface area contributed by atoms with Crippen molar-refractivity contribution < 1.29 is 52.6 Å². The van der Waals surface area contributed by atoms with Gasteiger partial charge in [0.1, 0.15) is 42.1 Å². The number of aliphatic imine (C=N–C) groups is 2. The second kappa shape index (κ2) is 30.8. The number of aromatic nitrogens is 1. The zero-order valence-electron chi connectivity index (χ0n) is 42.8. The molecule has 5 rings (SSSR count). The van der Waals surface area contributed by atoms with Gasteiger partial charge in [0.25, 0.3) is 0 Å². The van der Waals surface area contributed by atoms with Crippen molar-refractivity contribution in [3.63, 3.8) is 0 Å². The van der Waals surface area contributed by atoms with Crippen LogP contribution in [0.4, 0.5) is 4.39 Å². The first-order valence-corrected chi connectivity index (χ1v) is 25.2. The molecule has 0 aliphatic carbocycles. The van der Waals surface area contributed by atoms with E-state index in [1.165, 1.54) is 40.4 Å². The van der Waals surface area contributed by atoms with Crippen LogP contribution in [-0.4, -0.2) is 149 Å². The maximum absolute atomic E-state index is 14.4. The van der Waals surface area contributed by atoms with Gasteiger partial charge in [-0.3, -0.25) is 48.3 Å². The zero-order valence-corrected chi connectivity index (χ0v) is 42.8. The van der Waals surface area contributed by atoms with Crippen LogP contribution in [0, 0.1) is 5.82 Å². The smallest absolute Gasteiger partial charge is 0.326 e. The number of halogens is 1. The molecule has 76 heavy (non-hydrogen) atoms. The van der Waals surface area contributed by atoms with E-state index in [1.807, 2.05) is 0 Å². The van der Waals surface area contributed by atoms with Gasteiger partial charge in [-0.1, -0.05) is 37.3 Å². The fourth-order valence-corrected chi connectivity index (χ4v) is 8.54. The largest absolute Gasteiger partial charge is 0.480 e. The number of carbonyl (C=O) groups is 9. The highest BCUT2D eigenvalue weighted by Gasteiger charge is 2.40. The molecule has 0 radical (unpaired) electrons. The average molecular weight is 1060 g/mol. The van der Waals surface area contributed by atoms with Gasteiger partial charge in [0.2, 0.25) is 47.3 Å². The van der Waals surface area contributed by atoms with Crippen LogP contribution < -0.4 is 60.2 Å². The summed E-state index contributed by atoms with van der Waals surface area (Å²) in [6.07, 6.45) is 3.25. The normalized spacial score (nSPS) is 20.6. The Morgan fingerprint density at radius 3 is 2.17 bits per heavy atom. The number of nitrogens with two attached hydrogens (primary N) is 4. The number of amides is 8. The third-order valence-electron chi connectivity index (χ3n) is 12.4. The number of H-pyrrole nitrogens is 1. The van der Waals surface area contributed by atoms with E-state index in [2.05, 4.69) is 89.6 Å². The lowest BCUT2D eigenvalue weighted by Gasteiger charge is -2.31. The van der Waals surface area contributed by atoms with Gasteiger partial charge in [0.15, 0.2) is 11.9 Å². The molecule has 26 heteroatoms. The molecule has 2 aromatic carbocycles. The SMILES string of the molecule is CC(=O)N[C@@H](CCCN=C(N)N)C(=O)N[C@H]1CCC(=O)NCCC[C@@H](C(=O)O)NC(=O)CNC(=O)[C@H](CCCN=C(N)N)NC(=O)[C@@H](Cc2ccc(F)cc2)NC(=O)[C@@H]2CCCN2C1=O.CCc1c[nH]c2ccccc12. The molecule has 2 aliphatic rings. The van der Waals surface area contributed by atoms with Crippen LogP contribution in [0.2, 0.25) is 0 Å². The van der Waals surface area contributed by atoms with Gasteiger partial charge in [-0.15, -0.1) is 0 Å². The van der Waals surface area contributed by atoms with Crippen molar-refractivity contribution >= 4 is 76.0 Å². The highest BCUT2D eigenvalue weighted by molar-refractivity contribution is 5.97. The lowest BCUT2D eigenvalue weighted by atomic mass is 10.0. The monoisotopic (exact) mass is 1060 g/mol. The van der Waals surface area contributed by atoms with Gasteiger partial charge in [-0.05, 0) is 93.5 Å². The fourth-order valence-electron chi connectivity index (χ4n) is 8.54. The van der Waals surface area contributed by atoms with E-state index >= 15 is 0 Å². The highest BCUT2D eigenvalue weighted by Crippen LogP contribution is 2.21. The second-order valence-electron chi connectivity index (χ2n) is 18.3. The lowest BCUT2D eigenvalue weighted by Crippen LogP contribution is -2.59. The summed E-state index contributed by atoms with van der Waals surface area (Å²) in [5, 5.41) is 28.9. The number of rotatable bonds is 15. The maximum Gasteiger partial charge on any atom is 0.326 e. The van der Waals surface area contributed by atoms with Crippen LogP contribution >= 0.6 is 0 Å². The molecule has 8 amide bonds. The number of carbonyl (C=O) groups excluding carboxylic acids is 8. The molecule has 3 heterocycles. The molecular formula is C50H72FN15O10. The molecule has 0 bridgehead atoms. The molecule has 2 fully saturated rings.